The van der Waals surface area contributed by atoms with Gasteiger partial charge in [0.1, 0.15) is 6.61 Å². The number of anilines is 1. The molecule has 0 saturated carbocycles. The van der Waals surface area contributed by atoms with E-state index in [0.717, 1.165) is 16.8 Å². The fraction of sp³-hybridized carbons (Fsp3) is 0.182. The van der Waals surface area contributed by atoms with Crippen molar-refractivity contribution in [2.45, 2.75) is 20.1 Å². The predicted molar refractivity (Wildman–Crippen MR) is 110 cm³/mol. The SMILES string of the molecule is CCOc1cc(CNNc2ccccc2)c(Cl)cc1OCc1ccccc1. The van der Waals surface area contributed by atoms with Crippen LogP contribution in [0.5, 0.6) is 11.5 Å². The topological polar surface area (TPSA) is 42.5 Å². The summed E-state index contributed by atoms with van der Waals surface area (Å²) in [5.74, 6) is 1.33. The molecule has 0 heterocycles. The normalized spacial score (nSPS) is 10.4. The zero-order chi connectivity index (χ0) is 18.9. The quantitative estimate of drug-likeness (QED) is 0.484. The highest BCUT2D eigenvalue weighted by Crippen LogP contribution is 2.34. The fourth-order valence-corrected chi connectivity index (χ4v) is 2.81. The molecular formula is C22H23ClN2O2. The number of hydrogen-bond acceptors (Lipinski definition) is 4. The molecule has 0 aromatic heterocycles. The Bertz CT molecular complexity index is 842. The second-order valence-corrected chi connectivity index (χ2v) is 6.35. The highest BCUT2D eigenvalue weighted by molar-refractivity contribution is 6.31. The van der Waals surface area contributed by atoms with Gasteiger partial charge in [0.2, 0.25) is 0 Å². The molecule has 0 aliphatic heterocycles. The van der Waals surface area contributed by atoms with E-state index in [0.29, 0.717) is 36.3 Å². The van der Waals surface area contributed by atoms with Gasteiger partial charge >= 0.3 is 0 Å². The maximum Gasteiger partial charge on any atom is 0.163 e. The first-order valence-electron chi connectivity index (χ1n) is 8.92. The molecule has 140 valence electrons. The molecule has 27 heavy (non-hydrogen) atoms. The van der Waals surface area contributed by atoms with Crippen LogP contribution in [0, 0.1) is 0 Å². The highest BCUT2D eigenvalue weighted by Gasteiger charge is 2.11. The summed E-state index contributed by atoms with van der Waals surface area (Å²) in [7, 11) is 0. The lowest BCUT2D eigenvalue weighted by Crippen LogP contribution is -2.21. The molecule has 0 spiro atoms. The minimum atomic E-state index is 0.463. The Morgan fingerprint density at radius 2 is 1.52 bits per heavy atom. The van der Waals surface area contributed by atoms with Crippen LogP contribution >= 0.6 is 11.6 Å². The maximum atomic E-state index is 6.46. The van der Waals surface area contributed by atoms with Crippen LogP contribution in [0.4, 0.5) is 5.69 Å². The van der Waals surface area contributed by atoms with E-state index in [-0.39, 0.29) is 0 Å². The summed E-state index contributed by atoms with van der Waals surface area (Å²) in [5.41, 5.74) is 9.33. The molecule has 3 aromatic carbocycles. The highest BCUT2D eigenvalue weighted by atomic mass is 35.5. The average molecular weight is 383 g/mol. The standard InChI is InChI=1S/C22H23ClN2O2/c1-2-26-21-13-18(15-24-25-19-11-7-4-8-12-19)20(23)14-22(21)27-16-17-9-5-3-6-10-17/h3-14,24-25H,2,15-16H2,1H3. The Labute approximate surface area is 165 Å². The Morgan fingerprint density at radius 1 is 0.852 bits per heavy atom. The van der Waals surface area contributed by atoms with Crippen molar-refractivity contribution in [3.05, 3.63) is 88.9 Å². The zero-order valence-electron chi connectivity index (χ0n) is 15.2. The number of halogens is 1. The monoisotopic (exact) mass is 382 g/mol. The van der Waals surface area contributed by atoms with E-state index < -0.39 is 0 Å². The van der Waals surface area contributed by atoms with E-state index in [4.69, 9.17) is 21.1 Å². The number of hydrogen-bond donors (Lipinski definition) is 2. The summed E-state index contributed by atoms with van der Waals surface area (Å²) in [6.07, 6.45) is 0. The summed E-state index contributed by atoms with van der Waals surface area (Å²) in [5, 5.41) is 0.629. The van der Waals surface area contributed by atoms with Crippen molar-refractivity contribution in [1.82, 2.24) is 5.43 Å². The van der Waals surface area contributed by atoms with E-state index in [1.165, 1.54) is 0 Å². The van der Waals surface area contributed by atoms with E-state index >= 15 is 0 Å². The third-order valence-corrected chi connectivity index (χ3v) is 4.29. The summed E-state index contributed by atoms with van der Waals surface area (Å²) in [4.78, 5) is 0. The zero-order valence-corrected chi connectivity index (χ0v) is 16.0. The van der Waals surface area contributed by atoms with Crippen molar-refractivity contribution in [2.75, 3.05) is 12.0 Å². The third kappa shape index (κ3) is 5.64. The molecule has 4 nitrogen and oxygen atoms in total. The van der Waals surface area contributed by atoms with Gasteiger partial charge in [0.15, 0.2) is 11.5 Å². The van der Waals surface area contributed by atoms with Crippen molar-refractivity contribution in [2.24, 2.45) is 0 Å². The van der Waals surface area contributed by atoms with Gasteiger partial charge in [-0.1, -0.05) is 60.1 Å². The number of rotatable bonds is 9. The third-order valence-electron chi connectivity index (χ3n) is 3.94. The van der Waals surface area contributed by atoms with Crippen molar-refractivity contribution >= 4 is 17.3 Å². The fourth-order valence-electron chi connectivity index (χ4n) is 2.59. The first kappa shape index (κ1) is 19.1. The van der Waals surface area contributed by atoms with Gasteiger partial charge in [-0.3, -0.25) is 0 Å². The molecule has 3 aromatic rings. The van der Waals surface area contributed by atoms with Crippen molar-refractivity contribution in [3.63, 3.8) is 0 Å². The summed E-state index contributed by atoms with van der Waals surface area (Å²) in [6.45, 7) is 3.51. The second kappa shape index (κ2) is 9.86. The number of para-hydroxylation sites is 1. The van der Waals surface area contributed by atoms with Crippen LogP contribution < -0.4 is 20.3 Å². The van der Waals surface area contributed by atoms with Crippen molar-refractivity contribution in [3.8, 4) is 11.5 Å². The largest absolute Gasteiger partial charge is 0.490 e. The Hall–Kier alpha value is -2.69. The molecule has 0 saturated heterocycles. The van der Waals surface area contributed by atoms with Gasteiger partial charge in [0.05, 0.1) is 6.61 Å². The molecule has 5 heteroatoms. The Morgan fingerprint density at radius 3 is 2.22 bits per heavy atom. The van der Waals surface area contributed by atoms with Gasteiger partial charge in [-0.25, -0.2) is 5.43 Å². The summed E-state index contributed by atoms with van der Waals surface area (Å²) >= 11 is 6.46. The number of benzene rings is 3. The molecule has 0 atom stereocenters. The smallest absolute Gasteiger partial charge is 0.163 e. The Balaban J connectivity index is 1.67. The average Bonchev–Trinajstić information content (AvgIpc) is 2.71. The molecule has 0 bridgehead atoms. The lowest BCUT2D eigenvalue weighted by atomic mass is 10.2. The minimum Gasteiger partial charge on any atom is -0.490 e. The van der Waals surface area contributed by atoms with Gasteiger partial charge < -0.3 is 14.9 Å². The minimum absolute atomic E-state index is 0.463. The van der Waals surface area contributed by atoms with E-state index in [9.17, 15) is 0 Å². The number of ether oxygens (including phenoxy) is 2. The number of nitrogens with one attached hydrogen (secondary N) is 2. The maximum absolute atomic E-state index is 6.46. The van der Waals surface area contributed by atoms with Crippen molar-refractivity contribution < 1.29 is 9.47 Å². The van der Waals surface area contributed by atoms with Crippen LogP contribution in [0.1, 0.15) is 18.1 Å². The molecule has 0 amide bonds. The predicted octanol–water partition coefficient (Wildman–Crippen LogP) is 5.43. The van der Waals surface area contributed by atoms with Gasteiger partial charge in [0, 0.05) is 23.3 Å². The molecule has 2 N–H and O–H groups in total. The molecule has 0 radical (unpaired) electrons. The van der Waals surface area contributed by atoms with E-state index in [1.807, 2.05) is 79.7 Å². The molecule has 0 aliphatic rings. The molecular weight excluding hydrogens is 360 g/mol. The summed E-state index contributed by atoms with van der Waals surface area (Å²) < 4.78 is 11.7. The molecule has 0 aliphatic carbocycles. The molecule has 0 unspecified atom stereocenters. The first-order valence-corrected chi connectivity index (χ1v) is 9.30. The van der Waals surface area contributed by atoms with Crippen LogP contribution in [-0.2, 0) is 13.2 Å². The lowest BCUT2D eigenvalue weighted by Gasteiger charge is -2.16. The molecule has 3 rings (SSSR count). The summed E-state index contributed by atoms with van der Waals surface area (Å²) in [6, 6.07) is 23.6. The Kier molecular flexibility index (Phi) is 6.97. The van der Waals surface area contributed by atoms with Gasteiger partial charge in [-0.15, -0.1) is 0 Å². The number of hydrazine groups is 1. The van der Waals surface area contributed by atoms with Crippen LogP contribution in [0.3, 0.4) is 0 Å². The van der Waals surface area contributed by atoms with Gasteiger partial charge in [-0.2, -0.15) is 0 Å². The van der Waals surface area contributed by atoms with Gasteiger partial charge in [0.25, 0.3) is 0 Å². The molecule has 0 fully saturated rings. The van der Waals surface area contributed by atoms with Crippen LogP contribution in [0.15, 0.2) is 72.8 Å². The van der Waals surface area contributed by atoms with Gasteiger partial charge in [-0.05, 0) is 36.2 Å². The van der Waals surface area contributed by atoms with Crippen LogP contribution in [0.25, 0.3) is 0 Å². The second-order valence-electron chi connectivity index (χ2n) is 5.94. The lowest BCUT2D eigenvalue weighted by molar-refractivity contribution is 0.269. The van der Waals surface area contributed by atoms with Crippen LogP contribution in [-0.4, -0.2) is 6.61 Å². The van der Waals surface area contributed by atoms with E-state index in [2.05, 4.69) is 10.9 Å². The van der Waals surface area contributed by atoms with Crippen molar-refractivity contribution in [1.29, 1.82) is 0 Å². The van der Waals surface area contributed by atoms with Crippen LogP contribution in [0.2, 0.25) is 5.02 Å². The first-order chi connectivity index (χ1) is 13.3. The van der Waals surface area contributed by atoms with E-state index in [1.54, 1.807) is 0 Å².